The first kappa shape index (κ1) is 14.9. The second-order valence-corrected chi connectivity index (χ2v) is 5.85. The highest BCUT2D eigenvalue weighted by Crippen LogP contribution is 2.38. The summed E-state index contributed by atoms with van der Waals surface area (Å²) < 4.78 is 11.1. The highest BCUT2D eigenvalue weighted by atomic mass is 16.5. The van der Waals surface area contributed by atoms with Crippen LogP contribution >= 0.6 is 0 Å². The molecule has 0 spiro atoms. The van der Waals surface area contributed by atoms with E-state index in [9.17, 15) is 0 Å². The zero-order valence-corrected chi connectivity index (χ0v) is 12.5. The van der Waals surface area contributed by atoms with Crippen molar-refractivity contribution < 1.29 is 9.47 Å². The number of ether oxygens (including phenoxy) is 2. The van der Waals surface area contributed by atoms with E-state index in [1.165, 1.54) is 5.56 Å². The predicted octanol–water partition coefficient (Wildman–Crippen LogP) is 4.63. The van der Waals surface area contributed by atoms with Gasteiger partial charge in [0.15, 0.2) is 11.5 Å². The Kier molecular flexibility index (Phi) is 5.06. The maximum absolute atomic E-state index is 5.67. The van der Waals surface area contributed by atoms with E-state index >= 15 is 0 Å². The summed E-state index contributed by atoms with van der Waals surface area (Å²) in [5, 5.41) is 0. The number of hydrogen-bond donors (Lipinski definition) is 0. The molecule has 0 amide bonds. The largest absolute Gasteiger partial charge is 0.493 e. The van der Waals surface area contributed by atoms with E-state index in [1.54, 1.807) is 7.11 Å². The van der Waals surface area contributed by atoms with Crippen molar-refractivity contribution in [3.8, 4) is 11.5 Å². The fourth-order valence-corrected chi connectivity index (χ4v) is 1.78. The molecule has 1 rings (SSSR count). The quantitative estimate of drug-likeness (QED) is 0.758. The van der Waals surface area contributed by atoms with E-state index in [0.29, 0.717) is 5.92 Å². The van der Waals surface area contributed by atoms with Gasteiger partial charge >= 0.3 is 0 Å². The van der Waals surface area contributed by atoms with Gasteiger partial charge in [-0.1, -0.05) is 40.7 Å². The number of benzene rings is 1. The Balaban J connectivity index is 2.98. The minimum absolute atomic E-state index is 0.247. The summed E-state index contributed by atoms with van der Waals surface area (Å²) in [5.74, 6) is 2.15. The van der Waals surface area contributed by atoms with Crippen LogP contribution < -0.4 is 9.47 Å². The molecule has 102 valence electrons. The second kappa shape index (κ2) is 6.12. The molecule has 0 aliphatic rings. The predicted molar refractivity (Wildman–Crippen MR) is 76.7 cm³/mol. The summed E-state index contributed by atoms with van der Waals surface area (Å²) in [6, 6.07) is 6.26. The van der Waals surface area contributed by atoms with Gasteiger partial charge in [-0.3, -0.25) is 0 Å². The third-order valence-corrected chi connectivity index (χ3v) is 3.45. The molecule has 0 aliphatic heterocycles. The van der Waals surface area contributed by atoms with Gasteiger partial charge in [-0.25, -0.2) is 0 Å². The molecule has 0 fully saturated rings. The molecule has 0 aromatic heterocycles. The van der Waals surface area contributed by atoms with E-state index in [4.69, 9.17) is 9.47 Å². The Morgan fingerprint density at radius 1 is 1.17 bits per heavy atom. The molecule has 1 aromatic carbocycles. The summed E-state index contributed by atoms with van der Waals surface area (Å²) >= 11 is 0. The molecule has 0 aliphatic carbocycles. The van der Waals surface area contributed by atoms with E-state index in [2.05, 4.69) is 46.8 Å². The average Bonchev–Trinajstić information content (AvgIpc) is 2.34. The van der Waals surface area contributed by atoms with Crippen LogP contribution in [-0.4, -0.2) is 13.7 Å². The molecule has 1 aromatic rings. The topological polar surface area (TPSA) is 18.5 Å². The first-order valence-electron chi connectivity index (χ1n) is 6.71. The summed E-state index contributed by atoms with van der Waals surface area (Å²) in [4.78, 5) is 0. The van der Waals surface area contributed by atoms with Gasteiger partial charge in [-0.2, -0.15) is 0 Å². The highest BCUT2D eigenvalue weighted by Gasteiger charge is 2.22. The van der Waals surface area contributed by atoms with Crippen molar-refractivity contribution in [2.75, 3.05) is 13.7 Å². The van der Waals surface area contributed by atoms with Crippen LogP contribution in [0.1, 0.15) is 52.5 Å². The van der Waals surface area contributed by atoms with Crippen molar-refractivity contribution in [3.05, 3.63) is 23.8 Å². The lowest BCUT2D eigenvalue weighted by atomic mass is 9.78. The van der Waals surface area contributed by atoms with Crippen molar-refractivity contribution in [3.63, 3.8) is 0 Å². The summed E-state index contributed by atoms with van der Waals surface area (Å²) in [6.45, 7) is 11.8. The van der Waals surface area contributed by atoms with Crippen LogP contribution in [0.5, 0.6) is 11.5 Å². The minimum Gasteiger partial charge on any atom is -0.493 e. The fourth-order valence-electron chi connectivity index (χ4n) is 1.78. The molecule has 0 saturated heterocycles. The molecule has 1 unspecified atom stereocenters. The zero-order chi connectivity index (χ0) is 13.8. The zero-order valence-electron chi connectivity index (χ0n) is 12.5. The van der Waals surface area contributed by atoms with Gasteiger partial charge in [-0.15, -0.1) is 0 Å². The van der Waals surface area contributed by atoms with Crippen molar-refractivity contribution in [2.24, 2.45) is 5.41 Å². The lowest BCUT2D eigenvalue weighted by Crippen LogP contribution is -2.15. The molecule has 0 saturated carbocycles. The first-order valence-corrected chi connectivity index (χ1v) is 6.71. The van der Waals surface area contributed by atoms with Gasteiger partial charge in [0.05, 0.1) is 13.7 Å². The van der Waals surface area contributed by atoms with Crippen LogP contribution in [0.2, 0.25) is 0 Å². The molecule has 0 bridgehead atoms. The fraction of sp³-hybridized carbons (Fsp3) is 0.625. The van der Waals surface area contributed by atoms with Gasteiger partial charge in [0.2, 0.25) is 0 Å². The SMILES string of the molecule is CCCOc1ccc(C(C)C(C)(C)C)cc1OC. The Labute approximate surface area is 111 Å². The molecular formula is C16H26O2. The first-order chi connectivity index (χ1) is 8.40. The molecule has 0 N–H and O–H groups in total. The van der Waals surface area contributed by atoms with Crippen LogP contribution in [0.4, 0.5) is 0 Å². The third-order valence-electron chi connectivity index (χ3n) is 3.45. The normalized spacial score (nSPS) is 13.2. The van der Waals surface area contributed by atoms with Crippen molar-refractivity contribution in [2.45, 2.75) is 47.0 Å². The minimum atomic E-state index is 0.247. The molecule has 0 radical (unpaired) electrons. The van der Waals surface area contributed by atoms with Gasteiger partial charge in [-0.05, 0) is 35.4 Å². The lowest BCUT2D eigenvalue weighted by Gasteiger charge is -2.28. The van der Waals surface area contributed by atoms with E-state index in [1.807, 2.05) is 6.07 Å². The third kappa shape index (κ3) is 3.66. The maximum Gasteiger partial charge on any atom is 0.161 e. The number of rotatable bonds is 5. The standard InChI is InChI=1S/C16H26O2/c1-7-10-18-14-9-8-13(11-15(14)17-6)12(2)16(3,4)5/h8-9,11-12H,7,10H2,1-6H3. The van der Waals surface area contributed by atoms with Crippen LogP contribution in [0, 0.1) is 5.41 Å². The Bertz CT molecular complexity index is 377. The second-order valence-electron chi connectivity index (χ2n) is 5.85. The van der Waals surface area contributed by atoms with Gasteiger partial charge in [0.1, 0.15) is 0 Å². The summed E-state index contributed by atoms with van der Waals surface area (Å²) in [5.41, 5.74) is 1.54. The van der Waals surface area contributed by atoms with E-state index in [0.717, 1.165) is 24.5 Å². The molecule has 2 nitrogen and oxygen atoms in total. The molecule has 2 heteroatoms. The molecule has 18 heavy (non-hydrogen) atoms. The van der Waals surface area contributed by atoms with Crippen molar-refractivity contribution >= 4 is 0 Å². The van der Waals surface area contributed by atoms with Crippen LogP contribution in [0.15, 0.2) is 18.2 Å². The summed E-state index contributed by atoms with van der Waals surface area (Å²) in [6.07, 6.45) is 1.00. The Morgan fingerprint density at radius 2 is 1.83 bits per heavy atom. The maximum atomic E-state index is 5.67. The smallest absolute Gasteiger partial charge is 0.161 e. The van der Waals surface area contributed by atoms with Gasteiger partial charge in [0, 0.05) is 0 Å². The van der Waals surface area contributed by atoms with Crippen LogP contribution in [0.3, 0.4) is 0 Å². The van der Waals surface area contributed by atoms with E-state index < -0.39 is 0 Å². The number of methoxy groups -OCH3 is 1. The summed E-state index contributed by atoms with van der Waals surface area (Å²) in [7, 11) is 1.69. The van der Waals surface area contributed by atoms with Crippen LogP contribution in [-0.2, 0) is 0 Å². The monoisotopic (exact) mass is 250 g/mol. The molecular weight excluding hydrogens is 224 g/mol. The molecule has 0 heterocycles. The molecule has 1 atom stereocenters. The Morgan fingerprint density at radius 3 is 2.33 bits per heavy atom. The number of hydrogen-bond acceptors (Lipinski definition) is 2. The van der Waals surface area contributed by atoms with E-state index in [-0.39, 0.29) is 5.41 Å². The lowest BCUT2D eigenvalue weighted by molar-refractivity contribution is 0.292. The highest BCUT2D eigenvalue weighted by molar-refractivity contribution is 5.44. The van der Waals surface area contributed by atoms with Crippen LogP contribution in [0.25, 0.3) is 0 Å². The van der Waals surface area contributed by atoms with Gasteiger partial charge < -0.3 is 9.47 Å². The van der Waals surface area contributed by atoms with Crippen molar-refractivity contribution in [1.82, 2.24) is 0 Å². The Hall–Kier alpha value is -1.18. The van der Waals surface area contributed by atoms with Gasteiger partial charge in [0.25, 0.3) is 0 Å². The average molecular weight is 250 g/mol. The van der Waals surface area contributed by atoms with Crippen molar-refractivity contribution in [1.29, 1.82) is 0 Å².